The first-order chi connectivity index (χ1) is 15.5. The number of rotatable bonds is 9. The minimum Gasteiger partial charge on any atom is -0.481 e. The van der Waals surface area contributed by atoms with Gasteiger partial charge >= 0.3 is 5.97 Å². The van der Waals surface area contributed by atoms with Gasteiger partial charge in [0.25, 0.3) is 0 Å². The van der Waals surface area contributed by atoms with Crippen molar-refractivity contribution in [3.63, 3.8) is 0 Å². The van der Waals surface area contributed by atoms with Crippen LogP contribution >= 0.6 is 11.8 Å². The van der Waals surface area contributed by atoms with Gasteiger partial charge in [0.2, 0.25) is 11.8 Å². The molecule has 5 nitrogen and oxygen atoms in total. The number of thioether (sulfide) groups is 1. The standard InChI is InChI=1S/C25H31NO4S.C2H6/c1-17(2)25(4,5)24(30)26(18(3)27)15-21(23(28)29)16-31-22-13-11-20(12-14-22)19-9-7-6-8-10-19;1-2/h6-14,17,21H,15-16H2,1-5H3,(H,28,29);1-2H3. The summed E-state index contributed by atoms with van der Waals surface area (Å²) >= 11 is 1.41. The van der Waals surface area contributed by atoms with Crippen molar-refractivity contribution < 1.29 is 19.5 Å². The van der Waals surface area contributed by atoms with Crippen molar-refractivity contribution in [2.24, 2.45) is 17.3 Å². The van der Waals surface area contributed by atoms with Crippen LogP contribution in [0.3, 0.4) is 0 Å². The molecule has 2 amide bonds. The summed E-state index contributed by atoms with van der Waals surface area (Å²) in [6.45, 7) is 12.6. The van der Waals surface area contributed by atoms with E-state index in [0.717, 1.165) is 20.9 Å². The number of hydrogen-bond acceptors (Lipinski definition) is 4. The fourth-order valence-corrected chi connectivity index (χ4v) is 3.91. The van der Waals surface area contributed by atoms with Crippen LogP contribution in [0.4, 0.5) is 0 Å². The van der Waals surface area contributed by atoms with E-state index in [1.165, 1.54) is 18.7 Å². The van der Waals surface area contributed by atoms with E-state index in [1.807, 2.05) is 82.3 Å². The summed E-state index contributed by atoms with van der Waals surface area (Å²) in [5.41, 5.74) is 1.45. The Bertz CT molecular complexity index is 907. The number of carboxylic acids is 1. The van der Waals surface area contributed by atoms with E-state index < -0.39 is 23.2 Å². The van der Waals surface area contributed by atoms with Crippen LogP contribution in [0.5, 0.6) is 0 Å². The first-order valence-corrected chi connectivity index (χ1v) is 12.4. The Kier molecular flexibility index (Phi) is 11.4. The lowest BCUT2D eigenvalue weighted by molar-refractivity contribution is -0.153. The number of hydrogen-bond donors (Lipinski definition) is 1. The molecule has 0 fully saturated rings. The number of amides is 2. The average molecular weight is 472 g/mol. The molecule has 1 atom stereocenters. The van der Waals surface area contributed by atoms with E-state index in [0.29, 0.717) is 0 Å². The van der Waals surface area contributed by atoms with Gasteiger partial charge in [-0.15, -0.1) is 11.8 Å². The highest BCUT2D eigenvalue weighted by atomic mass is 32.2. The molecule has 0 radical (unpaired) electrons. The minimum atomic E-state index is -1.02. The number of benzene rings is 2. The van der Waals surface area contributed by atoms with Crippen LogP contribution in [0.1, 0.15) is 48.5 Å². The van der Waals surface area contributed by atoms with E-state index >= 15 is 0 Å². The maximum Gasteiger partial charge on any atom is 0.309 e. The molecule has 0 aliphatic heterocycles. The molecule has 1 unspecified atom stereocenters. The first kappa shape index (κ1) is 28.4. The lowest BCUT2D eigenvalue weighted by Crippen LogP contribution is -2.49. The molecule has 2 aromatic rings. The summed E-state index contributed by atoms with van der Waals surface area (Å²) in [6, 6.07) is 17.9. The van der Waals surface area contributed by atoms with Crippen LogP contribution in [0.15, 0.2) is 59.5 Å². The number of carbonyl (C=O) groups excluding carboxylic acids is 2. The van der Waals surface area contributed by atoms with Gasteiger partial charge in [0, 0.05) is 29.5 Å². The second-order valence-corrected chi connectivity index (χ2v) is 9.64. The second-order valence-electron chi connectivity index (χ2n) is 8.55. The predicted octanol–water partition coefficient (Wildman–Crippen LogP) is 6.23. The number of nitrogens with zero attached hydrogens (tertiary/aromatic N) is 1. The van der Waals surface area contributed by atoms with Crippen LogP contribution in [0.25, 0.3) is 11.1 Å². The molecule has 6 heteroatoms. The maximum atomic E-state index is 13.0. The van der Waals surface area contributed by atoms with Gasteiger partial charge in [-0.1, -0.05) is 84.0 Å². The zero-order valence-corrected chi connectivity index (χ0v) is 21.6. The monoisotopic (exact) mass is 471 g/mol. The van der Waals surface area contributed by atoms with E-state index in [-0.39, 0.29) is 24.1 Å². The van der Waals surface area contributed by atoms with Gasteiger partial charge in [-0.05, 0) is 29.2 Å². The summed E-state index contributed by atoms with van der Waals surface area (Å²) in [7, 11) is 0. The largest absolute Gasteiger partial charge is 0.481 e. The summed E-state index contributed by atoms with van der Waals surface area (Å²) in [4.78, 5) is 39.0. The number of carboxylic acid groups (broad SMARTS) is 1. The average Bonchev–Trinajstić information content (AvgIpc) is 2.80. The molecule has 180 valence electrons. The topological polar surface area (TPSA) is 74.7 Å². The molecule has 0 aliphatic carbocycles. The normalized spacial score (nSPS) is 11.9. The summed E-state index contributed by atoms with van der Waals surface area (Å²) in [6.07, 6.45) is 0. The Hall–Kier alpha value is -2.60. The fraction of sp³-hybridized carbons (Fsp3) is 0.444. The number of imide groups is 1. The van der Waals surface area contributed by atoms with Gasteiger partial charge in [-0.25, -0.2) is 0 Å². The van der Waals surface area contributed by atoms with Crippen molar-refractivity contribution in [3.8, 4) is 11.1 Å². The van der Waals surface area contributed by atoms with Crippen molar-refractivity contribution in [3.05, 3.63) is 54.6 Å². The van der Waals surface area contributed by atoms with Crippen LogP contribution in [-0.2, 0) is 14.4 Å². The molecule has 2 rings (SSSR count). The molecule has 0 heterocycles. The van der Waals surface area contributed by atoms with Crippen molar-refractivity contribution >= 4 is 29.5 Å². The maximum absolute atomic E-state index is 13.0. The lowest BCUT2D eigenvalue weighted by Gasteiger charge is -2.34. The molecule has 0 aromatic heterocycles. The quantitative estimate of drug-likeness (QED) is 0.439. The molecular weight excluding hydrogens is 434 g/mol. The van der Waals surface area contributed by atoms with Gasteiger partial charge in [-0.3, -0.25) is 19.3 Å². The Balaban J connectivity index is 0.00000265. The second kappa shape index (κ2) is 13.2. The van der Waals surface area contributed by atoms with Gasteiger partial charge in [0.05, 0.1) is 5.92 Å². The van der Waals surface area contributed by atoms with Crippen molar-refractivity contribution in [1.29, 1.82) is 0 Å². The highest BCUT2D eigenvalue weighted by Crippen LogP contribution is 2.30. The summed E-state index contributed by atoms with van der Waals surface area (Å²) in [5, 5.41) is 9.71. The zero-order chi connectivity index (χ0) is 25.2. The molecule has 0 aliphatic rings. The zero-order valence-electron chi connectivity index (χ0n) is 20.8. The number of carbonyl (C=O) groups is 3. The molecule has 0 saturated heterocycles. The van der Waals surface area contributed by atoms with Gasteiger partial charge in [0.1, 0.15) is 0 Å². The first-order valence-electron chi connectivity index (χ1n) is 11.4. The highest BCUT2D eigenvalue weighted by molar-refractivity contribution is 7.99. The van der Waals surface area contributed by atoms with Gasteiger partial charge in [0.15, 0.2) is 0 Å². The van der Waals surface area contributed by atoms with Gasteiger partial charge in [-0.2, -0.15) is 0 Å². The highest BCUT2D eigenvalue weighted by Gasteiger charge is 2.38. The van der Waals surface area contributed by atoms with E-state index in [1.54, 1.807) is 13.8 Å². The Morgan fingerprint density at radius 3 is 1.91 bits per heavy atom. The SMILES string of the molecule is CC.CC(=O)N(CC(CSc1ccc(-c2ccccc2)cc1)C(=O)O)C(=O)C(C)(C)C(C)C. The number of aliphatic carboxylic acids is 1. The van der Waals surface area contributed by atoms with Crippen molar-refractivity contribution in [2.45, 2.75) is 53.4 Å². The Morgan fingerprint density at radius 2 is 1.45 bits per heavy atom. The third kappa shape index (κ3) is 8.04. The van der Waals surface area contributed by atoms with E-state index in [9.17, 15) is 19.5 Å². The Morgan fingerprint density at radius 1 is 0.939 bits per heavy atom. The van der Waals surface area contributed by atoms with Gasteiger partial charge < -0.3 is 5.11 Å². The molecule has 0 bridgehead atoms. The van der Waals surface area contributed by atoms with E-state index in [4.69, 9.17) is 0 Å². The summed E-state index contributed by atoms with van der Waals surface area (Å²) < 4.78 is 0. The Labute approximate surface area is 202 Å². The molecule has 0 spiro atoms. The van der Waals surface area contributed by atoms with Crippen LogP contribution in [0.2, 0.25) is 0 Å². The molecular formula is C27H37NO4S. The molecule has 33 heavy (non-hydrogen) atoms. The third-order valence-electron chi connectivity index (χ3n) is 5.78. The third-order valence-corrected chi connectivity index (χ3v) is 6.96. The van der Waals surface area contributed by atoms with Crippen LogP contribution in [-0.4, -0.2) is 40.1 Å². The predicted molar refractivity (Wildman–Crippen MR) is 136 cm³/mol. The van der Waals surface area contributed by atoms with E-state index in [2.05, 4.69) is 0 Å². The van der Waals surface area contributed by atoms with Crippen LogP contribution in [0, 0.1) is 17.3 Å². The minimum absolute atomic E-state index is 0.0163. The smallest absolute Gasteiger partial charge is 0.309 e. The summed E-state index contributed by atoms with van der Waals surface area (Å²) in [5.74, 6) is -2.35. The molecule has 2 aromatic carbocycles. The molecule has 1 N–H and O–H groups in total. The van der Waals surface area contributed by atoms with Crippen molar-refractivity contribution in [2.75, 3.05) is 12.3 Å². The lowest BCUT2D eigenvalue weighted by atomic mass is 9.79. The van der Waals surface area contributed by atoms with Crippen molar-refractivity contribution in [1.82, 2.24) is 4.90 Å². The van der Waals surface area contributed by atoms with Crippen LogP contribution < -0.4 is 0 Å². The molecule has 0 saturated carbocycles. The fourth-order valence-electron chi connectivity index (χ4n) is 2.94.